The molecule has 2 unspecified atom stereocenters. The van der Waals surface area contributed by atoms with Gasteiger partial charge in [0, 0.05) is 23.4 Å². The first-order valence-electron chi connectivity index (χ1n) is 6.75. The molecule has 2 atom stereocenters. The van der Waals surface area contributed by atoms with Crippen LogP contribution in [-0.4, -0.2) is 21.1 Å². The van der Waals surface area contributed by atoms with Crippen molar-refractivity contribution in [1.29, 1.82) is 0 Å². The molecule has 3 rings (SSSR count). The van der Waals surface area contributed by atoms with Gasteiger partial charge in [-0.3, -0.25) is 0 Å². The van der Waals surface area contributed by atoms with Gasteiger partial charge in [0.25, 0.3) is 0 Å². The number of halogens is 2. The Morgan fingerprint density at radius 1 is 1.35 bits per heavy atom. The van der Waals surface area contributed by atoms with E-state index >= 15 is 0 Å². The Balaban J connectivity index is 2.08. The van der Waals surface area contributed by atoms with Crippen LogP contribution in [0, 0.1) is 11.6 Å². The molecule has 1 fully saturated rings. The molecular formula is C14H17F2N3S. The number of hydrogen-bond acceptors (Lipinski definition) is 3. The van der Waals surface area contributed by atoms with E-state index in [1.165, 1.54) is 12.5 Å². The van der Waals surface area contributed by atoms with Crippen molar-refractivity contribution in [2.75, 3.05) is 12.0 Å². The summed E-state index contributed by atoms with van der Waals surface area (Å²) < 4.78 is 29.1. The fourth-order valence-corrected chi connectivity index (χ4v) is 3.91. The Labute approximate surface area is 120 Å². The summed E-state index contributed by atoms with van der Waals surface area (Å²) in [6.45, 7) is 0. The van der Waals surface area contributed by atoms with Crippen molar-refractivity contribution >= 4 is 28.7 Å². The van der Waals surface area contributed by atoms with Crippen molar-refractivity contribution < 1.29 is 8.78 Å². The molecule has 3 nitrogen and oxygen atoms in total. The molecule has 0 aliphatic heterocycles. The normalized spacial score (nSPS) is 23.4. The zero-order chi connectivity index (χ0) is 14.3. The first-order valence-corrected chi connectivity index (χ1v) is 8.04. The number of nitrogen functional groups attached to an aromatic ring is 1. The summed E-state index contributed by atoms with van der Waals surface area (Å²) in [7, 11) is 0. The second-order valence-corrected chi connectivity index (χ2v) is 6.41. The largest absolute Gasteiger partial charge is 0.369 e. The Morgan fingerprint density at radius 2 is 2.15 bits per heavy atom. The van der Waals surface area contributed by atoms with Gasteiger partial charge in [-0.15, -0.1) is 0 Å². The number of nitrogens with two attached hydrogens (primary N) is 1. The van der Waals surface area contributed by atoms with Gasteiger partial charge in [0.05, 0.1) is 5.52 Å². The van der Waals surface area contributed by atoms with Crippen LogP contribution in [-0.2, 0) is 0 Å². The summed E-state index contributed by atoms with van der Waals surface area (Å²) in [5, 5.41) is 0.573. The average Bonchev–Trinajstić information content (AvgIpc) is 2.75. The van der Waals surface area contributed by atoms with Crippen molar-refractivity contribution in [2.45, 2.75) is 37.0 Å². The average molecular weight is 297 g/mol. The minimum absolute atomic E-state index is 0.162. The highest BCUT2D eigenvalue weighted by Gasteiger charge is 2.26. The van der Waals surface area contributed by atoms with Gasteiger partial charge in [0.1, 0.15) is 11.3 Å². The maximum atomic E-state index is 13.8. The van der Waals surface area contributed by atoms with Crippen LogP contribution in [0.1, 0.15) is 31.7 Å². The summed E-state index contributed by atoms with van der Waals surface area (Å²) in [4.78, 5) is 4.07. The Morgan fingerprint density at radius 3 is 2.90 bits per heavy atom. The number of nitrogens with zero attached hydrogens (tertiary/aromatic N) is 2. The summed E-state index contributed by atoms with van der Waals surface area (Å²) in [6.07, 6.45) is 6.33. The van der Waals surface area contributed by atoms with Crippen molar-refractivity contribution in [3.63, 3.8) is 0 Å². The van der Waals surface area contributed by atoms with Gasteiger partial charge in [-0.25, -0.2) is 13.8 Å². The molecule has 1 aromatic heterocycles. The van der Waals surface area contributed by atoms with E-state index in [2.05, 4.69) is 11.2 Å². The van der Waals surface area contributed by atoms with Crippen LogP contribution < -0.4 is 5.73 Å². The predicted molar refractivity (Wildman–Crippen MR) is 78.9 cm³/mol. The molecule has 6 heteroatoms. The van der Waals surface area contributed by atoms with Crippen LogP contribution in [0.5, 0.6) is 0 Å². The quantitative estimate of drug-likeness (QED) is 0.918. The second-order valence-electron chi connectivity index (χ2n) is 5.27. The highest BCUT2D eigenvalue weighted by molar-refractivity contribution is 7.99. The lowest BCUT2D eigenvalue weighted by molar-refractivity contribution is 0.371. The van der Waals surface area contributed by atoms with E-state index in [9.17, 15) is 8.78 Å². The lowest BCUT2D eigenvalue weighted by Crippen LogP contribution is -2.21. The fraction of sp³-hybridized carbons (Fsp3) is 0.500. The van der Waals surface area contributed by atoms with E-state index in [1.807, 2.05) is 16.3 Å². The lowest BCUT2D eigenvalue weighted by atomic mass is 9.94. The number of thioether (sulfide) groups is 1. The molecule has 108 valence electrons. The van der Waals surface area contributed by atoms with Crippen molar-refractivity contribution in [1.82, 2.24) is 9.55 Å². The molecule has 1 aromatic carbocycles. The number of benzene rings is 1. The van der Waals surface area contributed by atoms with Gasteiger partial charge in [-0.2, -0.15) is 11.8 Å². The molecule has 1 heterocycles. The van der Waals surface area contributed by atoms with Crippen LogP contribution in [0.4, 0.5) is 14.7 Å². The predicted octanol–water partition coefficient (Wildman–Crippen LogP) is 3.74. The van der Waals surface area contributed by atoms with Gasteiger partial charge in [-0.05, 0) is 25.5 Å². The molecule has 1 aliphatic rings. The van der Waals surface area contributed by atoms with Crippen LogP contribution in [0.2, 0.25) is 0 Å². The van der Waals surface area contributed by atoms with Crippen LogP contribution in [0.25, 0.3) is 11.0 Å². The minimum atomic E-state index is -0.650. The summed E-state index contributed by atoms with van der Waals surface area (Å²) in [6, 6.07) is 2.35. The third-order valence-electron chi connectivity index (χ3n) is 4.04. The van der Waals surface area contributed by atoms with Gasteiger partial charge >= 0.3 is 0 Å². The van der Waals surface area contributed by atoms with Gasteiger partial charge in [0.2, 0.25) is 5.95 Å². The molecule has 0 spiro atoms. The topological polar surface area (TPSA) is 43.8 Å². The van der Waals surface area contributed by atoms with Crippen molar-refractivity contribution in [3.05, 3.63) is 23.8 Å². The molecule has 20 heavy (non-hydrogen) atoms. The zero-order valence-electron chi connectivity index (χ0n) is 11.3. The monoisotopic (exact) mass is 297 g/mol. The molecule has 0 bridgehead atoms. The van der Waals surface area contributed by atoms with E-state index < -0.39 is 11.6 Å². The van der Waals surface area contributed by atoms with Gasteiger partial charge < -0.3 is 10.3 Å². The standard InChI is InChI=1S/C14H17F2N3S/c1-20-10-4-2-3-9(7-10)19-12-6-8(15)5-11(16)13(12)18-14(19)17/h5-6,9-10H,2-4,7H2,1H3,(H2,17,18). The molecule has 2 aromatic rings. The second kappa shape index (κ2) is 5.24. The number of rotatable bonds is 2. The SMILES string of the molecule is CSC1CCCC(n2c(N)nc3c(F)cc(F)cc32)C1. The first-order chi connectivity index (χ1) is 9.60. The Bertz CT molecular complexity index is 641. The number of hydrogen-bond donors (Lipinski definition) is 1. The molecule has 1 saturated carbocycles. The van der Waals surface area contributed by atoms with E-state index in [1.54, 1.807) is 0 Å². The summed E-state index contributed by atoms with van der Waals surface area (Å²) in [5.41, 5.74) is 6.57. The molecule has 0 radical (unpaired) electrons. The van der Waals surface area contributed by atoms with Gasteiger partial charge in [-0.1, -0.05) is 6.42 Å². The Kier molecular flexibility index (Phi) is 3.58. The van der Waals surface area contributed by atoms with Crippen molar-refractivity contribution in [2.24, 2.45) is 0 Å². The van der Waals surface area contributed by atoms with E-state index in [0.29, 0.717) is 10.8 Å². The molecule has 0 saturated heterocycles. The summed E-state index contributed by atoms with van der Waals surface area (Å²) >= 11 is 1.84. The third-order valence-corrected chi connectivity index (χ3v) is 5.13. The molecule has 2 N–H and O–H groups in total. The van der Waals surface area contributed by atoms with E-state index in [-0.39, 0.29) is 17.5 Å². The molecule has 1 aliphatic carbocycles. The highest BCUT2D eigenvalue weighted by Crippen LogP contribution is 2.37. The number of imidazole rings is 1. The van der Waals surface area contributed by atoms with E-state index in [4.69, 9.17) is 5.73 Å². The van der Waals surface area contributed by atoms with Crippen molar-refractivity contribution in [3.8, 4) is 0 Å². The number of anilines is 1. The molecular weight excluding hydrogens is 280 g/mol. The smallest absolute Gasteiger partial charge is 0.201 e. The minimum Gasteiger partial charge on any atom is -0.369 e. The number of fused-ring (bicyclic) bond motifs is 1. The number of aromatic nitrogens is 2. The fourth-order valence-electron chi connectivity index (χ4n) is 3.09. The van der Waals surface area contributed by atoms with Crippen LogP contribution >= 0.6 is 11.8 Å². The maximum Gasteiger partial charge on any atom is 0.201 e. The summed E-state index contributed by atoms with van der Waals surface area (Å²) in [5.74, 6) is -0.965. The van der Waals surface area contributed by atoms with Gasteiger partial charge in [0.15, 0.2) is 5.82 Å². The third kappa shape index (κ3) is 2.26. The lowest BCUT2D eigenvalue weighted by Gasteiger charge is -2.29. The molecule has 0 amide bonds. The Hall–Kier alpha value is -1.30. The van der Waals surface area contributed by atoms with E-state index in [0.717, 1.165) is 25.3 Å². The highest BCUT2D eigenvalue weighted by atomic mass is 32.2. The zero-order valence-corrected chi connectivity index (χ0v) is 12.1. The maximum absolute atomic E-state index is 13.8. The first kappa shape index (κ1) is 13.7. The van der Waals surface area contributed by atoms with Crippen LogP contribution in [0.3, 0.4) is 0 Å². The van der Waals surface area contributed by atoms with Crippen LogP contribution in [0.15, 0.2) is 12.1 Å².